The van der Waals surface area contributed by atoms with Crippen molar-refractivity contribution in [2.45, 2.75) is 12.3 Å². The van der Waals surface area contributed by atoms with E-state index in [0.717, 1.165) is 0 Å². The lowest BCUT2D eigenvalue weighted by molar-refractivity contribution is -0.125. The Hall–Kier alpha value is -1.71. The van der Waals surface area contributed by atoms with E-state index in [0.29, 0.717) is 5.69 Å². The van der Waals surface area contributed by atoms with Gasteiger partial charge >= 0.3 is 0 Å². The molecular formula is C9H7N2O2. The van der Waals surface area contributed by atoms with Gasteiger partial charge in [-0.2, -0.15) is 5.32 Å². The van der Waals surface area contributed by atoms with Crippen molar-refractivity contribution in [1.82, 2.24) is 10.3 Å². The zero-order valence-corrected chi connectivity index (χ0v) is 6.80. The molecule has 2 rings (SSSR count). The fourth-order valence-electron chi connectivity index (χ4n) is 1.32. The number of carbonyl (C=O) groups excluding carboxylic acids is 2. The summed E-state index contributed by atoms with van der Waals surface area (Å²) in [6, 6.07) is 5.29. The number of imide groups is 1. The Morgan fingerprint density at radius 3 is 2.69 bits per heavy atom. The van der Waals surface area contributed by atoms with Gasteiger partial charge in [-0.3, -0.25) is 14.6 Å². The molecule has 1 saturated heterocycles. The third-order valence-corrected chi connectivity index (χ3v) is 1.96. The molecule has 0 spiro atoms. The maximum atomic E-state index is 11.2. The summed E-state index contributed by atoms with van der Waals surface area (Å²) in [4.78, 5) is 26.0. The van der Waals surface area contributed by atoms with Crippen LogP contribution in [0.5, 0.6) is 0 Å². The molecule has 0 bridgehead atoms. The van der Waals surface area contributed by atoms with Crippen LogP contribution in [0, 0.1) is 0 Å². The molecule has 1 aliphatic heterocycles. The topological polar surface area (TPSA) is 61.1 Å². The maximum absolute atomic E-state index is 11.2. The van der Waals surface area contributed by atoms with E-state index >= 15 is 0 Å². The van der Waals surface area contributed by atoms with E-state index in [2.05, 4.69) is 10.3 Å². The minimum Gasteiger partial charge on any atom is -0.272 e. The van der Waals surface area contributed by atoms with E-state index in [9.17, 15) is 9.59 Å². The molecule has 1 atom stereocenters. The van der Waals surface area contributed by atoms with Crippen molar-refractivity contribution in [3.05, 3.63) is 30.1 Å². The highest BCUT2D eigenvalue weighted by Gasteiger charge is 2.34. The Kier molecular flexibility index (Phi) is 1.81. The number of amides is 2. The average molecular weight is 175 g/mol. The number of aromatic nitrogens is 1. The van der Waals surface area contributed by atoms with E-state index < -0.39 is 5.92 Å². The van der Waals surface area contributed by atoms with E-state index in [1.807, 2.05) is 0 Å². The van der Waals surface area contributed by atoms with Gasteiger partial charge in [0.25, 0.3) is 5.91 Å². The molecule has 1 aliphatic rings. The monoisotopic (exact) mass is 175 g/mol. The van der Waals surface area contributed by atoms with Crippen LogP contribution in [-0.2, 0) is 9.59 Å². The molecule has 4 heteroatoms. The SMILES string of the molecule is O=C1CC(c2ccccn2)C(=O)[N]1. The number of hydrogen-bond donors (Lipinski definition) is 0. The van der Waals surface area contributed by atoms with Crippen LogP contribution in [0.4, 0.5) is 0 Å². The second-order valence-electron chi connectivity index (χ2n) is 2.86. The van der Waals surface area contributed by atoms with Crippen molar-refractivity contribution in [3.63, 3.8) is 0 Å². The van der Waals surface area contributed by atoms with Gasteiger partial charge in [-0.05, 0) is 12.1 Å². The van der Waals surface area contributed by atoms with Crippen molar-refractivity contribution in [3.8, 4) is 0 Å². The van der Waals surface area contributed by atoms with Gasteiger partial charge in [0.1, 0.15) is 0 Å². The smallest absolute Gasteiger partial charge is 0.258 e. The second kappa shape index (κ2) is 2.97. The molecule has 0 aliphatic carbocycles. The number of hydrogen-bond acceptors (Lipinski definition) is 3. The first-order valence-corrected chi connectivity index (χ1v) is 3.97. The summed E-state index contributed by atoms with van der Waals surface area (Å²) in [6.07, 6.45) is 1.77. The van der Waals surface area contributed by atoms with Gasteiger partial charge in [0.15, 0.2) is 0 Å². The first-order chi connectivity index (χ1) is 6.27. The summed E-state index contributed by atoms with van der Waals surface area (Å²) in [5.74, 6) is -1.17. The van der Waals surface area contributed by atoms with Gasteiger partial charge in [-0.25, -0.2) is 0 Å². The lowest BCUT2D eigenvalue weighted by atomic mass is 10.0. The first-order valence-electron chi connectivity index (χ1n) is 3.97. The molecule has 1 unspecified atom stereocenters. The van der Waals surface area contributed by atoms with E-state index in [-0.39, 0.29) is 18.2 Å². The lowest BCUT2D eigenvalue weighted by Gasteiger charge is -2.02. The molecule has 65 valence electrons. The molecule has 1 radical (unpaired) electrons. The summed E-state index contributed by atoms with van der Waals surface area (Å²) >= 11 is 0. The molecule has 2 amide bonds. The van der Waals surface area contributed by atoms with Crippen molar-refractivity contribution < 1.29 is 9.59 Å². The van der Waals surface area contributed by atoms with Crippen molar-refractivity contribution in [2.24, 2.45) is 0 Å². The van der Waals surface area contributed by atoms with E-state index in [4.69, 9.17) is 0 Å². The number of rotatable bonds is 1. The summed E-state index contributed by atoms with van der Waals surface area (Å²) in [5, 5.41) is 3.33. The van der Waals surface area contributed by atoms with Gasteiger partial charge in [0, 0.05) is 12.6 Å². The Labute approximate surface area is 75.0 Å². The minimum absolute atomic E-state index is 0.163. The number of carbonyl (C=O) groups is 2. The third-order valence-electron chi connectivity index (χ3n) is 1.96. The average Bonchev–Trinajstić information content (AvgIpc) is 2.47. The molecular weight excluding hydrogens is 168 g/mol. The molecule has 1 aromatic rings. The fourth-order valence-corrected chi connectivity index (χ4v) is 1.32. The Bertz CT molecular complexity index is 348. The standard InChI is InChI=1S/C9H7N2O2/c12-8-5-6(9(13)11-8)7-3-1-2-4-10-7/h1-4,6H,5H2. The van der Waals surface area contributed by atoms with Crippen molar-refractivity contribution in [1.29, 1.82) is 0 Å². The number of pyridine rings is 1. The third kappa shape index (κ3) is 1.42. The van der Waals surface area contributed by atoms with Crippen LogP contribution in [0.2, 0.25) is 0 Å². The highest BCUT2D eigenvalue weighted by Crippen LogP contribution is 2.22. The van der Waals surface area contributed by atoms with Crippen LogP contribution in [0.25, 0.3) is 0 Å². The van der Waals surface area contributed by atoms with Crippen LogP contribution < -0.4 is 5.32 Å². The van der Waals surface area contributed by atoms with Crippen molar-refractivity contribution >= 4 is 11.8 Å². The lowest BCUT2D eigenvalue weighted by Crippen LogP contribution is -2.14. The molecule has 0 aromatic carbocycles. The predicted molar refractivity (Wildman–Crippen MR) is 43.7 cm³/mol. The predicted octanol–water partition coefficient (Wildman–Crippen LogP) is 0.226. The molecule has 1 fully saturated rings. The fraction of sp³-hybridized carbons (Fsp3) is 0.222. The molecule has 2 heterocycles. The molecule has 0 N–H and O–H groups in total. The quantitative estimate of drug-likeness (QED) is 0.574. The Balaban J connectivity index is 2.28. The van der Waals surface area contributed by atoms with Gasteiger partial charge in [-0.1, -0.05) is 6.07 Å². The minimum atomic E-state index is -0.450. The molecule has 0 saturated carbocycles. The highest BCUT2D eigenvalue weighted by atomic mass is 16.2. The zero-order valence-electron chi connectivity index (χ0n) is 6.80. The van der Waals surface area contributed by atoms with E-state index in [1.54, 1.807) is 24.4 Å². The summed E-state index contributed by atoms with van der Waals surface area (Å²) < 4.78 is 0. The van der Waals surface area contributed by atoms with Crippen LogP contribution >= 0.6 is 0 Å². The van der Waals surface area contributed by atoms with Gasteiger partial charge < -0.3 is 0 Å². The Morgan fingerprint density at radius 1 is 1.31 bits per heavy atom. The van der Waals surface area contributed by atoms with Crippen LogP contribution in [0.1, 0.15) is 18.0 Å². The molecule has 1 aromatic heterocycles. The van der Waals surface area contributed by atoms with Gasteiger partial charge in [-0.15, -0.1) is 0 Å². The van der Waals surface area contributed by atoms with Gasteiger partial charge in [0.2, 0.25) is 5.91 Å². The largest absolute Gasteiger partial charge is 0.272 e. The molecule has 4 nitrogen and oxygen atoms in total. The van der Waals surface area contributed by atoms with Crippen molar-refractivity contribution in [2.75, 3.05) is 0 Å². The second-order valence-corrected chi connectivity index (χ2v) is 2.86. The van der Waals surface area contributed by atoms with E-state index in [1.165, 1.54) is 0 Å². The first kappa shape index (κ1) is 7.91. The number of nitrogens with zero attached hydrogens (tertiary/aromatic N) is 2. The van der Waals surface area contributed by atoms with Crippen LogP contribution in [0.15, 0.2) is 24.4 Å². The van der Waals surface area contributed by atoms with Gasteiger partial charge in [0.05, 0.1) is 11.6 Å². The van der Waals surface area contributed by atoms with Crippen LogP contribution in [0.3, 0.4) is 0 Å². The molecule has 13 heavy (non-hydrogen) atoms. The Morgan fingerprint density at radius 2 is 2.15 bits per heavy atom. The summed E-state index contributed by atoms with van der Waals surface area (Å²) in [6.45, 7) is 0. The summed E-state index contributed by atoms with van der Waals surface area (Å²) in [7, 11) is 0. The zero-order chi connectivity index (χ0) is 9.26. The highest BCUT2D eigenvalue weighted by molar-refractivity contribution is 6.05. The van der Waals surface area contributed by atoms with Crippen LogP contribution in [-0.4, -0.2) is 16.8 Å². The summed E-state index contributed by atoms with van der Waals surface area (Å²) in [5.41, 5.74) is 0.627. The maximum Gasteiger partial charge on any atom is 0.258 e. The normalized spacial score (nSPS) is 21.7.